The van der Waals surface area contributed by atoms with E-state index in [1.165, 1.54) is 11.3 Å². The Hall–Kier alpha value is -1.64. The van der Waals surface area contributed by atoms with Gasteiger partial charge in [-0.1, -0.05) is 29.3 Å². The Morgan fingerprint density at radius 1 is 1.13 bits per heavy atom. The summed E-state index contributed by atoms with van der Waals surface area (Å²) < 4.78 is 5.07. The molecule has 1 saturated heterocycles. The fraction of sp³-hybridized carbons (Fsp3) is 0.429. The van der Waals surface area contributed by atoms with Crippen molar-refractivity contribution in [2.45, 2.75) is 20.4 Å². The summed E-state index contributed by atoms with van der Waals surface area (Å²) in [7, 11) is 0. The van der Waals surface area contributed by atoms with Crippen molar-refractivity contribution in [2.75, 3.05) is 44.6 Å². The van der Waals surface area contributed by atoms with Crippen LogP contribution < -0.4 is 5.32 Å². The number of amides is 1. The second kappa shape index (κ2) is 10.6. The van der Waals surface area contributed by atoms with Crippen LogP contribution in [-0.4, -0.2) is 61.0 Å². The number of carbonyl (C=O) groups excluding carboxylic acids is 2. The molecule has 6 nitrogen and oxygen atoms in total. The maximum Gasteiger partial charge on any atom is 0.341 e. The highest BCUT2D eigenvalue weighted by molar-refractivity contribution is 7.16. The molecule has 1 N–H and O–H groups in total. The smallest absolute Gasteiger partial charge is 0.341 e. The normalized spacial score (nSPS) is 15.2. The number of carbonyl (C=O) groups is 2. The third-order valence-electron chi connectivity index (χ3n) is 4.88. The highest BCUT2D eigenvalue weighted by atomic mass is 35.5. The molecule has 1 aromatic carbocycles. The van der Waals surface area contributed by atoms with Gasteiger partial charge in [-0.15, -0.1) is 11.3 Å². The molecule has 0 aliphatic carbocycles. The van der Waals surface area contributed by atoms with Gasteiger partial charge in [0, 0.05) is 53.2 Å². The maximum absolute atomic E-state index is 12.5. The minimum Gasteiger partial charge on any atom is -0.462 e. The predicted molar refractivity (Wildman–Crippen MR) is 122 cm³/mol. The summed E-state index contributed by atoms with van der Waals surface area (Å²) in [4.78, 5) is 29.9. The minimum absolute atomic E-state index is 0.134. The van der Waals surface area contributed by atoms with Crippen LogP contribution in [0.5, 0.6) is 0 Å². The summed E-state index contributed by atoms with van der Waals surface area (Å²) in [5.74, 6) is -0.547. The van der Waals surface area contributed by atoms with Crippen LogP contribution in [0.25, 0.3) is 0 Å². The third-order valence-corrected chi connectivity index (χ3v) is 6.55. The minimum atomic E-state index is -0.413. The number of thiophene rings is 1. The van der Waals surface area contributed by atoms with Gasteiger partial charge in [-0.3, -0.25) is 14.6 Å². The van der Waals surface area contributed by atoms with E-state index >= 15 is 0 Å². The van der Waals surface area contributed by atoms with Gasteiger partial charge in [0.05, 0.1) is 18.7 Å². The number of aryl methyl sites for hydroxylation is 1. The number of rotatable bonds is 7. The standard InChI is InChI=1S/C21H25Cl2N3O3S/c1-3-29-21(28)15-11-14(2)30-20(15)24-19(27)13-26-9-7-25(8-10-26)12-16-17(22)5-4-6-18(16)23/h4-6,11H,3,7-10,12-13H2,1-2H3,(H,24,27). The molecule has 0 unspecified atom stereocenters. The molecular formula is C21H25Cl2N3O3S. The van der Waals surface area contributed by atoms with E-state index in [2.05, 4.69) is 15.1 Å². The first-order valence-corrected chi connectivity index (χ1v) is 11.4. The van der Waals surface area contributed by atoms with Crippen LogP contribution in [0.1, 0.15) is 27.7 Å². The van der Waals surface area contributed by atoms with Crippen molar-refractivity contribution < 1.29 is 14.3 Å². The fourth-order valence-corrected chi connectivity index (χ4v) is 4.78. The molecule has 1 aliphatic heterocycles. The second-order valence-electron chi connectivity index (χ2n) is 7.12. The molecule has 3 rings (SSSR count). The molecular weight excluding hydrogens is 445 g/mol. The first-order chi connectivity index (χ1) is 14.4. The molecule has 0 bridgehead atoms. The number of ether oxygens (including phenoxy) is 1. The molecule has 2 heterocycles. The first-order valence-electron chi connectivity index (χ1n) is 9.82. The van der Waals surface area contributed by atoms with Crippen molar-refractivity contribution in [1.82, 2.24) is 9.80 Å². The number of hydrogen-bond acceptors (Lipinski definition) is 6. The number of piperazine rings is 1. The van der Waals surface area contributed by atoms with E-state index in [-0.39, 0.29) is 12.5 Å². The van der Waals surface area contributed by atoms with Crippen molar-refractivity contribution in [3.8, 4) is 0 Å². The Kier molecular flexibility index (Phi) is 8.13. The van der Waals surface area contributed by atoms with Crippen molar-refractivity contribution in [1.29, 1.82) is 0 Å². The number of anilines is 1. The van der Waals surface area contributed by atoms with Crippen LogP contribution in [-0.2, 0) is 16.1 Å². The van der Waals surface area contributed by atoms with Crippen LogP contribution in [0.15, 0.2) is 24.3 Å². The van der Waals surface area contributed by atoms with Crippen molar-refractivity contribution in [3.05, 3.63) is 50.3 Å². The lowest BCUT2D eigenvalue weighted by atomic mass is 10.2. The van der Waals surface area contributed by atoms with Gasteiger partial charge in [-0.2, -0.15) is 0 Å². The summed E-state index contributed by atoms with van der Waals surface area (Å²) >= 11 is 13.9. The SMILES string of the molecule is CCOC(=O)c1cc(C)sc1NC(=O)CN1CCN(Cc2c(Cl)cccc2Cl)CC1. The lowest BCUT2D eigenvalue weighted by Crippen LogP contribution is -2.48. The van der Waals surface area contributed by atoms with Crippen LogP contribution >= 0.6 is 34.5 Å². The molecule has 2 aromatic rings. The van der Waals surface area contributed by atoms with Crippen molar-refractivity contribution in [2.24, 2.45) is 0 Å². The van der Waals surface area contributed by atoms with Crippen LogP contribution in [0.4, 0.5) is 5.00 Å². The number of esters is 1. The highest BCUT2D eigenvalue weighted by Crippen LogP contribution is 2.28. The molecule has 1 aromatic heterocycles. The van der Waals surface area contributed by atoms with Gasteiger partial charge < -0.3 is 10.1 Å². The topological polar surface area (TPSA) is 61.9 Å². The van der Waals surface area contributed by atoms with E-state index in [1.54, 1.807) is 13.0 Å². The first kappa shape index (κ1) is 23.0. The average molecular weight is 470 g/mol. The van der Waals surface area contributed by atoms with Gasteiger partial charge in [0.15, 0.2) is 0 Å². The molecule has 30 heavy (non-hydrogen) atoms. The predicted octanol–water partition coefficient (Wildman–Crippen LogP) is 4.30. The van der Waals surface area contributed by atoms with Gasteiger partial charge in [-0.05, 0) is 32.0 Å². The van der Waals surface area contributed by atoms with E-state index in [0.29, 0.717) is 33.8 Å². The molecule has 0 atom stereocenters. The van der Waals surface area contributed by atoms with Gasteiger partial charge in [-0.25, -0.2) is 4.79 Å². The summed E-state index contributed by atoms with van der Waals surface area (Å²) in [5, 5.41) is 4.76. The summed E-state index contributed by atoms with van der Waals surface area (Å²) in [5.41, 5.74) is 1.35. The monoisotopic (exact) mass is 469 g/mol. The van der Waals surface area contributed by atoms with Crippen LogP contribution in [0, 0.1) is 6.92 Å². The van der Waals surface area contributed by atoms with E-state index in [4.69, 9.17) is 27.9 Å². The van der Waals surface area contributed by atoms with Gasteiger partial charge in [0.2, 0.25) is 5.91 Å². The molecule has 9 heteroatoms. The Bertz CT molecular complexity index is 891. The quantitative estimate of drug-likeness (QED) is 0.612. The molecule has 1 fully saturated rings. The Labute approximate surface area is 190 Å². The van der Waals surface area contributed by atoms with E-state index < -0.39 is 5.97 Å². The Morgan fingerprint density at radius 3 is 2.40 bits per heavy atom. The lowest BCUT2D eigenvalue weighted by molar-refractivity contribution is -0.117. The molecule has 1 aliphatic rings. The molecule has 0 saturated carbocycles. The van der Waals surface area contributed by atoms with E-state index in [0.717, 1.165) is 36.6 Å². The second-order valence-corrected chi connectivity index (χ2v) is 9.19. The number of hydrogen-bond donors (Lipinski definition) is 1. The summed E-state index contributed by atoms with van der Waals surface area (Å²) in [6.45, 7) is 8.10. The lowest BCUT2D eigenvalue weighted by Gasteiger charge is -2.34. The third kappa shape index (κ3) is 5.95. The fourth-order valence-electron chi connectivity index (χ4n) is 3.35. The van der Waals surface area contributed by atoms with Crippen LogP contribution in [0.3, 0.4) is 0 Å². The van der Waals surface area contributed by atoms with Gasteiger partial charge >= 0.3 is 5.97 Å². The van der Waals surface area contributed by atoms with Crippen molar-refractivity contribution >= 4 is 51.4 Å². The average Bonchev–Trinajstić information content (AvgIpc) is 3.06. The van der Waals surface area contributed by atoms with E-state index in [1.807, 2.05) is 25.1 Å². The molecule has 0 spiro atoms. The highest BCUT2D eigenvalue weighted by Gasteiger charge is 2.22. The van der Waals surface area contributed by atoms with E-state index in [9.17, 15) is 9.59 Å². The number of halogens is 2. The Morgan fingerprint density at radius 2 is 1.77 bits per heavy atom. The zero-order chi connectivity index (χ0) is 21.7. The number of benzene rings is 1. The maximum atomic E-state index is 12.5. The zero-order valence-electron chi connectivity index (χ0n) is 17.0. The number of nitrogens with zero attached hydrogens (tertiary/aromatic N) is 2. The zero-order valence-corrected chi connectivity index (χ0v) is 19.4. The summed E-state index contributed by atoms with van der Waals surface area (Å²) in [6.07, 6.45) is 0. The van der Waals surface area contributed by atoms with Gasteiger partial charge in [0.1, 0.15) is 5.00 Å². The largest absolute Gasteiger partial charge is 0.462 e. The Balaban J connectivity index is 1.51. The summed E-state index contributed by atoms with van der Waals surface area (Å²) in [6, 6.07) is 7.28. The van der Waals surface area contributed by atoms with Gasteiger partial charge in [0.25, 0.3) is 0 Å². The molecule has 0 radical (unpaired) electrons. The molecule has 162 valence electrons. The van der Waals surface area contributed by atoms with Crippen molar-refractivity contribution in [3.63, 3.8) is 0 Å². The molecule has 1 amide bonds. The van der Waals surface area contributed by atoms with Crippen LogP contribution in [0.2, 0.25) is 10.0 Å². The number of nitrogens with one attached hydrogen (secondary N) is 1.